The Kier molecular flexibility index (Phi) is 2.28. The molecule has 0 bridgehead atoms. The van der Waals surface area contributed by atoms with Gasteiger partial charge in [-0.3, -0.25) is 4.79 Å². The third kappa shape index (κ3) is 1.52. The van der Waals surface area contributed by atoms with Gasteiger partial charge in [0, 0.05) is 18.7 Å². The van der Waals surface area contributed by atoms with E-state index >= 15 is 0 Å². The Bertz CT molecular complexity index is 362. The van der Waals surface area contributed by atoms with E-state index in [0.717, 1.165) is 17.1 Å². The van der Waals surface area contributed by atoms with Crippen LogP contribution in [0.1, 0.15) is 5.56 Å². The Morgan fingerprint density at radius 2 is 2.43 bits per heavy atom. The van der Waals surface area contributed by atoms with Crippen LogP contribution >= 0.6 is 11.5 Å². The highest BCUT2D eigenvalue weighted by Gasteiger charge is 2.20. The lowest BCUT2D eigenvalue weighted by Gasteiger charge is -2.27. The van der Waals surface area contributed by atoms with Crippen molar-refractivity contribution in [2.75, 3.05) is 30.3 Å². The second-order valence-corrected chi connectivity index (χ2v) is 4.02. The van der Waals surface area contributed by atoms with Gasteiger partial charge >= 0.3 is 0 Å². The first-order valence-corrected chi connectivity index (χ1v) is 5.19. The van der Waals surface area contributed by atoms with Crippen LogP contribution in [0.5, 0.6) is 0 Å². The average molecular weight is 212 g/mol. The summed E-state index contributed by atoms with van der Waals surface area (Å²) in [4.78, 5) is 13.2. The first-order chi connectivity index (χ1) is 6.68. The van der Waals surface area contributed by atoms with Crippen molar-refractivity contribution in [2.24, 2.45) is 0 Å². The molecule has 2 heterocycles. The van der Waals surface area contributed by atoms with Gasteiger partial charge < -0.3 is 16.0 Å². The Labute approximate surface area is 86.1 Å². The monoisotopic (exact) mass is 212 g/mol. The number of hydrogen-bond donors (Lipinski definition) is 2. The van der Waals surface area contributed by atoms with E-state index < -0.39 is 0 Å². The summed E-state index contributed by atoms with van der Waals surface area (Å²) >= 11 is 1.36. The number of rotatable bonds is 1. The molecule has 0 atom stereocenters. The molecule has 0 spiro atoms. The smallest absolute Gasteiger partial charge is 0.239 e. The number of carbonyl (C=O) groups is 1. The first-order valence-electron chi connectivity index (χ1n) is 4.42. The van der Waals surface area contributed by atoms with Gasteiger partial charge in [0.05, 0.1) is 6.54 Å². The summed E-state index contributed by atoms with van der Waals surface area (Å²) in [6, 6.07) is 0. The number of anilines is 2. The van der Waals surface area contributed by atoms with Crippen LogP contribution in [0, 0.1) is 6.92 Å². The normalized spacial score (nSPS) is 16.9. The Hall–Kier alpha value is -1.30. The molecule has 1 fully saturated rings. The van der Waals surface area contributed by atoms with Crippen molar-refractivity contribution < 1.29 is 4.79 Å². The van der Waals surface area contributed by atoms with Gasteiger partial charge in [0.1, 0.15) is 10.8 Å². The molecule has 0 unspecified atom stereocenters. The molecule has 3 N–H and O–H groups in total. The number of nitrogens with zero attached hydrogens (tertiary/aromatic N) is 2. The zero-order valence-electron chi connectivity index (χ0n) is 7.91. The molecule has 2 rings (SSSR count). The Morgan fingerprint density at radius 3 is 3.00 bits per heavy atom. The number of nitrogens with two attached hydrogens (primary N) is 1. The zero-order valence-corrected chi connectivity index (χ0v) is 8.73. The molecule has 5 nitrogen and oxygen atoms in total. The van der Waals surface area contributed by atoms with Crippen LogP contribution in [-0.2, 0) is 4.79 Å². The molecule has 0 saturated carbocycles. The standard InChI is InChI=1S/C8H12N4OS/c1-5-7(9)11-14-8(5)12-3-2-10-6(13)4-12/h2-4H2,1H3,(H2,9,11)(H,10,13). The molecule has 1 aliphatic heterocycles. The molecular weight excluding hydrogens is 200 g/mol. The van der Waals surface area contributed by atoms with Crippen LogP contribution < -0.4 is 16.0 Å². The molecule has 6 heteroatoms. The fraction of sp³-hybridized carbons (Fsp3) is 0.500. The maximum Gasteiger partial charge on any atom is 0.239 e. The molecule has 76 valence electrons. The lowest BCUT2D eigenvalue weighted by atomic mass is 10.3. The number of nitrogens with one attached hydrogen (secondary N) is 1. The fourth-order valence-electron chi connectivity index (χ4n) is 1.45. The van der Waals surface area contributed by atoms with E-state index in [9.17, 15) is 4.79 Å². The van der Waals surface area contributed by atoms with Crippen molar-refractivity contribution in [2.45, 2.75) is 6.92 Å². The maximum atomic E-state index is 11.2. The summed E-state index contributed by atoms with van der Waals surface area (Å²) in [5.74, 6) is 0.624. The van der Waals surface area contributed by atoms with E-state index in [1.54, 1.807) is 0 Å². The number of nitrogen functional groups attached to an aromatic ring is 1. The average Bonchev–Trinajstić information content (AvgIpc) is 2.48. The SMILES string of the molecule is Cc1c(N)nsc1N1CCNC(=O)C1. The third-order valence-electron chi connectivity index (χ3n) is 2.26. The summed E-state index contributed by atoms with van der Waals surface area (Å²) in [5, 5.41) is 3.79. The molecule has 1 aliphatic rings. The Morgan fingerprint density at radius 1 is 1.64 bits per heavy atom. The maximum absolute atomic E-state index is 11.2. The second-order valence-electron chi connectivity index (χ2n) is 3.27. The second kappa shape index (κ2) is 3.45. The van der Waals surface area contributed by atoms with Gasteiger partial charge in [0.2, 0.25) is 5.91 Å². The van der Waals surface area contributed by atoms with E-state index in [1.165, 1.54) is 11.5 Å². The summed E-state index contributed by atoms with van der Waals surface area (Å²) in [6.45, 7) is 3.85. The lowest BCUT2D eigenvalue weighted by Crippen LogP contribution is -2.47. The van der Waals surface area contributed by atoms with E-state index in [-0.39, 0.29) is 5.91 Å². The Balaban J connectivity index is 2.22. The summed E-state index contributed by atoms with van der Waals surface area (Å²) in [5.41, 5.74) is 6.63. The van der Waals surface area contributed by atoms with E-state index in [4.69, 9.17) is 5.73 Å². The molecule has 0 aromatic carbocycles. The van der Waals surface area contributed by atoms with E-state index in [0.29, 0.717) is 18.9 Å². The van der Waals surface area contributed by atoms with Gasteiger partial charge in [-0.2, -0.15) is 4.37 Å². The molecule has 1 saturated heterocycles. The summed E-state index contributed by atoms with van der Waals surface area (Å²) < 4.78 is 4.06. The zero-order chi connectivity index (χ0) is 10.1. The van der Waals surface area contributed by atoms with Crippen LogP contribution in [0.15, 0.2) is 0 Å². The minimum atomic E-state index is 0.0580. The van der Waals surface area contributed by atoms with Gasteiger partial charge in [-0.15, -0.1) is 0 Å². The quantitative estimate of drug-likeness (QED) is 0.685. The molecule has 1 aromatic heterocycles. The molecule has 14 heavy (non-hydrogen) atoms. The highest BCUT2D eigenvalue weighted by molar-refractivity contribution is 7.10. The minimum absolute atomic E-state index is 0.0580. The number of aromatic nitrogens is 1. The van der Waals surface area contributed by atoms with Crippen molar-refractivity contribution in [3.05, 3.63) is 5.56 Å². The van der Waals surface area contributed by atoms with Crippen LogP contribution in [0.25, 0.3) is 0 Å². The summed E-state index contributed by atoms with van der Waals surface area (Å²) in [6.07, 6.45) is 0. The van der Waals surface area contributed by atoms with E-state index in [1.807, 2.05) is 11.8 Å². The fourth-order valence-corrected chi connectivity index (χ4v) is 2.28. The molecule has 0 radical (unpaired) electrons. The topological polar surface area (TPSA) is 71.2 Å². The van der Waals surface area contributed by atoms with Gasteiger partial charge in [0.15, 0.2) is 0 Å². The lowest BCUT2D eigenvalue weighted by molar-refractivity contribution is -0.120. The van der Waals surface area contributed by atoms with Crippen LogP contribution in [0.3, 0.4) is 0 Å². The van der Waals surface area contributed by atoms with Crippen LogP contribution in [0.2, 0.25) is 0 Å². The third-order valence-corrected chi connectivity index (χ3v) is 3.29. The van der Waals surface area contributed by atoms with Crippen molar-refractivity contribution >= 4 is 28.3 Å². The van der Waals surface area contributed by atoms with Crippen molar-refractivity contribution in [3.63, 3.8) is 0 Å². The number of carbonyl (C=O) groups excluding carboxylic acids is 1. The van der Waals surface area contributed by atoms with Crippen molar-refractivity contribution in [3.8, 4) is 0 Å². The largest absolute Gasteiger partial charge is 0.383 e. The van der Waals surface area contributed by atoms with Crippen LogP contribution in [-0.4, -0.2) is 29.9 Å². The van der Waals surface area contributed by atoms with Crippen molar-refractivity contribution in [1.82, 2.24) is 9.69 Å². The summed E-state index contributed by atoms with van der Waals surface area (Å²) in [7, 11) is 0. The van der Waals surface area contributed by atoms with Crippen LogP contribution in [0.4, 0.5) is 10.8 Å². The van der Waals surface area contributed by atoms with Gasteiger partial charge in [-0.05, 0) is 18.5 Å². The number of hydrogen-bond acceptors (Lipinski definition) is 5. The van der Waals surface area contributed by atoms with Gasteiger partial charge in [-0.1, -0.05) is 0 Å². The van der Waals surface area contributed by atoms with E-state index in [2.05, 4.69) is 9.69 Å². The highest BCUT2D eigenvalue weighted by atomic mass is 32.1. The first kappa shape index (κ1) is 9.26. The molecule has 0 aliphatic carbocycles. The molecule has 1 amide bonds. The molecule has 1 aromatic rings. The van der Waals surface area contributed by atoms with Gasteiger partial charge in [-0.25, -0.2) is 0 Å². The minimum Gasteiger partial charge on any atom is -0.383 e. The predicted octanol–water partition coefficient (Wildman–Crippen LogP) is -0.0301. The van der Waals surface area contributed by atoms with Gasteiger partial charge in [0.25, 0.3) is 0 Å². The van der Waals surface area contributed by atoms with Crippen molar-refractivity contribution in [1.29, 1.82) is 0 Å². The predicted molar refractivity (Wildman–Crippen MR) is 56.5 cm³/mol. The highest BCUT2D eigenvalue weighted by Crippen LogP contribution is 2.29. The molecular formula is C8H12N4OS. The number of piperazine rings is 1. The number of amides is 1.